The van der Waals surface area contributed by atoms with Gasteiger partial charge in [0.1, 0.15) is 5.82 Å². The van der Waals surface area contributed by atoms with Gasteiger partial charge in [-0.3, -0.25) is 14.4 Å². The van der Waals surface area contributed by atoms with E-state index in [2.05, 4.69) is 4.98 Å². The minimum atomic E-state index is -0.322. The predicted octanol–water partition coefficient (Wildman–Crippen LogP) is 2.16. The van der Waals surface area contributed by atoms with Crippen LogP contribution in [0.15, 0.2) is 23.0 Å². The van der Waals surface area contributed by atoms with Crippen molar-refractivity contribution in [2.24, 2.45) is 0 Å². The summed E-state index contributed by atoms with van der Waals surface area (Å²) in [5, 5.41) is 0. The van der Waals surface area contributed by atoms with Crippen LogP contribution < -0.4 is 15.0 Å². The number of carbonyl (C=O) groups excluding carboxylic acids is 2. The third-order valence-electron chi connectivity index (χ3n) is 6.45. The highest BCUT2D eigenvalue weighted by molar-refractivity contribution is 5.95. The number of aromatic amines is 1. The minimum absolute atomic E-state index is 0.0524. The molecule has 32 heavy (non-hydrogen) atoms. The van der Waals surface area contributed by atoms with Gasteiger partial charge in [-0.25, -0.2) is 4.98 Å². The van der Waals surface area contributed by atoms with Crippen molar-refractivity contribution in [3.8, 4) is 11.5 Å². The van der Waals surface area contributed by atoms with Crippen LogP contribution in [-0.2, 0) is 17.8 Å². The van der Waals surface area contributed by atoms with Gasteiger partial charge in [-0.1, -0.05) is 6.92 Å². The smallest absolute Gasteiger partial charge is 0.254 e. The number of H-pyrrole nitrogens is 1. The summed E-state index contributed by atoms with van der Waals surface area (Å²) in [5.74, 6) is 1.61. The number of aromatic nitrogens is 2. The molecule has 0 unspecified atom stereocenters. The summed E-state index contributed by atoms with van der Waals surface area (Å²) in [5.41, 5.74) is 1.62. The van der Waals surface area contributed by atoms with Crippen LogP contribution >= 0.6 is 0 Å². The number of nitrogens with zero attached hydrogens (tertiary/aromatic N) is 3. The molecule has 1 N–H and O–H groups in total. The van der Waals surface area contributed by atoms with Gasteiger partial charge in [0.05, 0.1) is 18.3 Å². The summed E-state index contributed by atoms with van der Waals surface area (Å²) in [7, 11) is 0. The maximum Gasteiger partial charge on any atom is 0.254 e. The number of hydrogen-bond acceptors (Lipinski definition) is 6. The molecule has 3 aliphatic heterocycles. The molecule has 1 saturated heterocycles. The fraction of sp³-hybridized carbons (Fsp3) is 0.478. The van der Waals surface area contributed by atoms with Crippen molar-refractivity contribution >= 4 is 11.8 Å². The van der Waals surface area contributed by atoms with E-state index in [1.165, 1.54) is 0 Å². The number of rotatable bonds is 3. The average Bonchev–Trinajstić information content (AvgIpc) is 3.30. The van der Waals surface area contributed by atoms with Crippen molar-refractivity contribution in [2.45, 2.75) is 51.6 Å². The monoisotopic (exact) mass is 438 g/mol. The fourth-order valence-corrected chi connectivity index (χ4v) is 4.71. The topological polar surface area (TPSA) is 105 Å². The van der Waals surface area contributed by atoms with E-state index < -0.39 is 0 Å². The molecule has 3 aliphatic rings. The third-order valence-corrected chi connectivity index (χ3v) is 6.45. The average molecular weight is 438 g/mol. The molecule has 168 valence electrons. The Morgan fingerprint density at radius 1 is 1.19 bits per heavy atom. The summed E-state index contributed by atoms with van der Waals surface area (Å²) in [4.78, 5) is 49.6. The van der Waals surface area contributed by atoms with Crippen LogP contribution in [0.25, 0.3) is 0 Å². The molecule has 0 aliphatic carbocycles. The first-order valence-electron chi connectivity index (χ1n) is 11.2. The van der Waals surface area contributed by atoms with Crippen molar-refractivity contribution in [3.05, 3.63) is 51.2 Å². The number of likely N-dealkylation sites (tertiary alicyclic amines) is 1. The van der Waals surface area contributed by atoms with Crippen molar-refractivity contribution in [1.29, 1.82) is 0 Å². The number of benzene rings is 1. The maximum absolute atomic E-state index is 13.4. The predicted molar refractivity (Wildman–Crippen MR) is 114 cm³/mol. The molecule has 5 rings (SSSR count). The molecule has 0 saturated carbocycles. The van der Waals surface area contributed by atoms with Crippen LogP contribution in [0.5, 0.6) is 11.5 Å². The van der Waals surface area contributed by atoms with E-state index >= 15 is 0 Å². The molecule has 9 nitrogen and oxygen atoms in total. The zero-order valence-corrected chi connectivity index (χ0v) is 18.1. The summed E-state index contributed by atoms with van der Waals surface area (Å²) in [6.07, 6.45) is 3.47. The molecule has 1 aromatic carbocycles. The summed E-state index contributed by atoms with van der Waals surface area (Å²) in [6.45, 7) is 3.43. The SMILES string of the molecule is CCC(=O)N1CCc2c(nc([C@@H]3CCCCN3C(=O)c3ccc4c(c3)OCO4)[nH]c2=O)C1. The lowest BCUT2D eigenvalue weighted by molar-refractivity contribution is -0.131. The Labute approximate surface area is 185 Å². The van der Waals surface area contributed by atoms with Crippen LogP contribution in [0.4, 0.5) is 0 Å². The Morgan fingerprint density at radius 3 is 2.88 bits per heavy atom. The molecule has 1 fully saturated rings. The molecule has 4 heterocycles. The number of hydrogen-bond donors (Lipinski definition) is 1. The second-order valence-electron chi connectivity index (χ2n) is 8.37. The van der Waals surface area contributed by atoms with Crippen molar-refractivity contribution in [2.75, 3.05) is 19.9 Å². The highest BCUT2D eigenvalue weighted by Crippen LogP contribution is 2.35. The summed E-state index contributed by atoms with van der Waals surface area (Å²) in [6, 6.07) is 4.86. The normalized spacial score (nSPS) is 19.6. The van der Waals surface area contributed by atoms with Gasteiger partial charge in [0.25, 0.3) is 11.5 Å². The van der Waals surface area contributed by atoms with E-state index in [0.717, 1.165) is 19.3 Å². The molecule has 0 bridgehead atoms. The number of fused-ring (bicyclic) bond motifs is 2. The fourth-order valence-electron chi connectivity index (χ4n) is 4.71. The lowest BCUT2D eigenvalue weighted by Crippen LogP contribution is -2.42. The van der Waals surface area contributed by atoms with Gasteiger partial charge in [0.15, 0.2) is 11.5 Å². The Hall–Kier alpha value is -3.36. The number of nitrogens with one attached hydrogen (secondary N) is 1. The zero-order chi connectivity index (χ0) is 22.2. The standard InChI is InChI=1S/C23H26N4O5/c1-2-20(28)26-10-8-15-16(12-26)24-21(25-22(15)29)17-5-3-4-9-27(17)23(30)14-6-7-18-19(11-14)32-13-31-18/h6-7,11,17H,2-5,8-10,12-13H2,1H3,(H,24,25,29)/t17-/m0/s1. The third kappa shape index (κ3) is 3.61. The Kier molecular flexibility index (Phi) is 5.32. The lowest BCUT2D eigenvalue weighted by atomic mass is 9.99. The zero-order valence-electron chi connectivity index (χ0n) is 18.1. The maximum atomic E-state index is 13.4. The Bertz CT molecular complexity index is 1130. The highest BCUT2D eigenvalue weighted by atomic mass is 16.7. The molecular formula is C23H26N4O5. The highest BCUT2D eigenvalue weighted by Gasteiger charge is 2.33. The van der Waals surface area contributed by atoms with E-state index in [4.69, 9.17) is 14.5 Å². The Balaban J connectivity index is 1.45. The largest absolute Gasteiger partial charge is 0.454 e. The first kappa shape index (κ1) is 20.5. The second-order valence-corrected chi connectivity index (χ2v) is 8.37. The van der Waals surface area contributed by atoms with E-state index in [0.29, 0.717) is 66.6 Å². The summed E-state index contributed by atoms with van der Waals surface area (Å²) < 4.78 is 10.8. The number of amides is 2. The number of ether oxygens (including phenoxy) is 2. The van der Waals surface area contributed by atoms with Gasteiger partial charge < -0.3 is 24.3 Å². The molecule has 2 amide bonds. The molecule has 2 aromatic rings. The van der Waals surface area contributed by atoms with E-state index in [1.54, 1.807) is 28.0 Å². The molecule has 1 atom stereocenters. The van der Waals surface area contributed by atoms with Crippen LogP contribution in [-0.4, -0.2) is 51.5 Å². The van der Waals surface area contributed by atoms with Crippen LogP contribution in [0, 0.1) is 0 Å². The number of piperidine rings is 1. The quantitative estimate of drug-likeness (QED) is 0.788. The molecule has 9 heteroatoms. The summed E-state index contributed by atoms with van der Waals surface area (Å²) >= 11 is 0. The Morgan fingerprint density at radius 2 is 2.03 bits per heavy atom. The second kappa shape index (κ2) is 8.29. The van der Waals surface area contributed by atoms with E-state index in [9.17, 15) is 14.4 Å². The van der Waals surface area contributed by atoms with Gasteiger partial charge in [-0.15, -0.1) is 0 Å². The van der Waals surface area contributed by atoms with Gasteiger partial charge in [0, 0.05) is 30.6 Å². The first-order chi connectivity index (χ1) is 15.5. The first-order valence-corrected chi connectivity index (χ1v) is 11.2. The van der Waals surface area contributed by atoms with Crippen molar-refractivity contribution < 1.29 is 19.1 Å². The molecule has 1 aromatic heterocycles. The van der Waals surface area contributed by atoms with Gasteiger partial charge >= 0.3 is 0 Å². The van der Waals surface area contributed by atoms with Gasteiger partial charge in [-0.2, -0.15) is 0 Å². The number of carbonyl (C=O) groups is 2. The minimum Gasteiger partial charge on any atom is -0.454 e. The van der Waals surface area contributed by atoms with Crippen LogP contribution in [0.2, 0.25) is 0 Å². The van der Waals surface area contributed by atoms with E-state index in [1.807, 2.05) is 6.92 Å². The van der Waals surface area contributed by atoms with E-state index in [-0.39, 0.29) is 30.2 Å². The van der Waals surface area contributed by atoms with Crippen molar-refractivity contribution in [1.82, 2.24) is 19.8 Å². The van der Waals surface area contributed by atoms with Crippen LogP contribution in [0.1, 0.15) is 66.1 Å². The molecule has 0 spiro atoms. The van der Waals surface area contributed by atoms with Crippen LogP contribution in [0.3, 0.4) is 0 Å². The lowest BCUT2D eigenvalue weighted by Gasteiger charge is -2.36. The van der Waals surface area contributed by atoms with Crippen molar-refractivity contribution in [3.63, 3.8) is 0 Å². The molecular weight excluding hydrogens is 412 g/mol. The molecule has 0 radical (unpaired) electrons. The van der Waals surface area contributed by atoms with Gasteiger partial charge in [-0.05, 0) is 43.9 Å². The van der Waals surface area contributed by atoms with Gasteiger partial charge in [0.2, 0.25) is 12.7 Å².